The molecule has 0 aliphatic heterocycles. The van der Waals surface area contributed by atoms with Gasteiger partial charge in [0.05, 0.1) is 7.11 Å². The van der Waals surface area contributed by atoms with Gasteiger partial charge in [-0.2, -0.15) is 0 Å². The molecule has 1 heterocycles. The van der Waals surface area contributed by atoms with Crippen LogP contribution in [0.15, 0.2) is 30.6 Å². The highest BCUT2D eigenvalue weighted by atomic mass is 19.1. The van der Waals surface area contributed by atoms with Crippen molar-refractivity contribution in [3.05, 3.63) is 42.0 Å². The van der Waals surface area contributed by atoms with E-state index in [4.69, 9.17) is 10.5 Å². The Balaban J connectivity index is 2.28. The molecule has 5 nitrogen and oxygen atoms in total. The van der Waals surface area contributed by atoms with Crippen LogP contribution in [0.4, 0.5) is 16.0 Å². The number of halogens is 1. The first-order valence-electron chi connectivity index (χ1n) is 5.72. The maximum absolute atomic E-state index is 13.6. The predicted molar refractivity (Wildman–Crippen MR) is 71.5 cm³/mol. The number of aromatic nitrogens is 2. The average molecular weight is 262 g/mol. The van der Waals surface area contributed by atoms with E-state index in [0.717, 1.165) is 0 Å². The Morgan fingerprint density at radius 3 is 2.74 bits per heavy atom. The highest BCUT2D eigenvalue weighted by Crippen LogP contribution is 2.29. The fourth-order valence-corrected chi connectivity index (χ4v) is 1.80. The Hall–Kier alpha value is -2.37. The fraction of sp³-hybridized carbons (Fsp3) is 0.231. The second-order valence-corrected chi connectivity index (χ2v) is 4.06. The molecule has 0 saturated carbocycles. The molecule has 19 heavy (non-hydrogen) atoms. The molecule has 2 rings (SSSR count). The lowest BCUT2D eigenvalue weighted by Gasteiger charge is -2.21. The molecular formula is C13H15FN4O. The zero-order valence-electron chi connectivity index (χ0n) is 10.8. The summed E-state index contributed by atoms with van der Waals surface area (Å²) in [5.41, 5.74) is 6.29. The number of nitrogen functional groups attached to an aromatic ring is 1. The van der Waals surface area contributed by atoms with Crippen LogP contribution in [0.1, 0.15) is 5.56 Å². The van der Waals surface area contributed by atoms with Crippen molar-refractivity contribution in [1.29, 1.82) is 0 Å². The minimum absolute atomic E-state index is 0.254. The first-order chi connectivity index (χ1) is 9.13. The first kappa shape index (κ1) is 13.1. The molecule has 0 radical (unpaired) electrons. The summed E-state index contributed by atoms with van der Waals surface area (Å²) in [7, 11) is 3.28. The van der Waals surface area contributed by atoms with E-state index in [1.54, 1.807) is 30.1 Å². The van der Waals surface area contributed by atoms with Crippen LogP contribution in [0.5, 0.6) is 5.75 Å². The second-order valence-electron chi connectivity index (χ2n) is 4.06. The minimum atomic E-state index is -0.254. The van der Waals surface area contributed by atoms with Crippen molar-refractivity contribution >= 4 is 11.6 Å². The summed E-state index contributed by atoms with van der Waals surface area (Å²) in [6, 6.07) is 6.59. The van der Waals surface area contributed by atoms with Gasteiger partial charge in [-0.15, -0.1) is 0 Å². The average Bonchev–Trinajstić information content (AvgIpc) is 2.41. The van der Waals surface area contributed by atoms with Gasteiger partial charge < -0.3 is 15.4 Å². The van der Waals surface area contributed by atoms with Gasteiger partial charge in [-0.3, -0.25) is 0 Å². The third kappa shape index (κ3) is 2.73. The fourth-order valence-electron chi connectivity index (χ4n) is 1.80. The SMILES string of the molecule is COc1c(N)ncnc1N(C)Cc1ccccc1F. The lowest BCUT2D eigenvalue weighted by Crippen LogP contribution is -2.20. The van der Waals surface area contributed by atoms with Crippen molar-refractivity contribution in [2.75, 3.05) is 24.8 Å². The molecule has 0 saturated heterocycles. The minimum Gasteiger partial charge on any atom is -0.490 e. The Morgan fingerprint density at radius 1 is 1.32 bits per heavy atom. The van der Waals surface area contributed by atoms with Crippen molar-refractivity contribution < 1.29 is 9.13 Å². The smallest absolute Gasteiger partial charge is 0.204 e. The molecule has 0 aliphatic rings. The van der Waals surface area contributed by atoms with Crippen molar-refractivity contribution in [1.82, 2.24) is 9.97 Å². The van der Waals surface area contributed by atoms with Crippen LogP contribution >= 0.6 is 0 Å². The van der Waals surface area contributed by atoms with Crippen LogP contribution in [0, 0.1) is 5.82 Å². The zero-order valence-corrected chi connectivity index (χ0v) is 10.8. The third-order valence-corrected chi connectivity index (χ3v) is 2.74. The van der Waals surface area contributed by atoms with E-state index in [-0.39, 0.29) is 11.6 Å². The molecule has 100 valence electrons. The van der Waals surface area contributed by atoms with E-state index < -0.39 is 0 Å². The molecule has 1 aromatic carbocycles. The number of hydrogen-bond acceptors (Lipinski definition) is 5. The molecule has 0 unspecified atom stereocenters. The van der Waals surface area contributed by atoms with Gasteiger partial charge in [0.25, 0.3) is 0 Å². The van der Waals surface area contributed by atoms with Crippen molar-refractivity contribution in [2.24, 2.45) is 0 Å². The van der Waals surface area contributed by atoms with E-state index in [1.165, 1.54) is 19.5 Å². The first-order valence-corrected chi connectivity index (χ1v) is 5.72. The number of rotatable bonds is 4. The van der Waals surface area contributed by atoms with Crippen LogP contribution in [0.25, 0.3) is 0 Å². The van der Waals surface area contributed by atoms with Crippen LogP contribution in [-0.4, -0.2) is 24.1 Å². The molecule has 0 fully saturated rings. The topological polar surface area (TPSA) is 64.3 Å². The standard InChI is InChI=1S/C13H15FN4O/c1-18(7-9-5-3-4-6-10(9)14)13-11(19-2)12(15)16-8-17-13/h3-6,8H,7H2,1-2H3,(H2,15,16,17). The Morgan fingerprint density at radius 2 is 2.05 bits per heavy atom. The molecule has 1 aromatic heterocycles. The second kappa shape index (κ2) is 5.51. The number of anilines is 2. The molecule has 2 aromatic rings. The summed E-state index contributed by atoms with van der Waals surface area (Å²) < 4.78 is 18.8. The van der Waals surface area contributed by atoms with Crippen LogP contribution in [0.3, 0.4) is 0 Å². The van der Waals surface area contributed by atoms with Gasteiger partial charge in [-0.1, -0.05) is 18.2 Å². The molecule has 0 amide bonds. The molecule has 0 atom stereocenters. The molecule has 2 N–H and O–H groups in total. The molecule has 0 bridgehead atoms. The Kier molecular flexibility index (Phi) is 3.79. The van der Waals surface area contributed by atoms with Gasteiger partial charge in [0.1, 0.15) is 12.1 Å². The predicted octanol–water partition coefficient (Wildman–Crippen LogP) is 1.84. The summed E-state index contributed by atoms with van der Waals surface area (Å²) in [5, 5.41) is 0. The summed E-state index contributed by atoms with van der Waals surface area (Å²) >= 11 is 0. The highest BCUT2D eigenvalue weighted by molar-refractivity contribution is 5.62. The van der Waals surface area contributed by atoms with E-state index in [9.17, 15) is 4.39 Å². The summed E-state index contributed by atoms with van der Waals surface area (Å²) in [6.45, 7) is 0.361. The molecule has 6 heteroatoms. The quantitative estimate of drug-likeness (QED) is 0.910. The number of ether oxygens (including phenoxy) is 1. The van der Waals surface area contributed by atoms with Crippen molar-refractivity contribution in [2.45, 2.75) is 6.54 Å². The van der Waals surface area contributed by atoms with E-state index in [1.807, 2.05) is 0 Å². The van der Waals surface area contributed by atoms with Gasteiger partial charge in [0.15, 0.2) is 11.6 Å². The van der Waals surface area contributed by atoms with Crippen LogP contribution < -0.4 is 15.4 Å². The number of hydrogen-bond donors (Lipinski definition) is 1. The van der Waals surface area contributed by atoms with Crippen molar-refractivity contribution in [3.8, 4) is 5.75 Å². The van der Waals surface area contributed by atoms with Gasteiger partial charge >= 0.3 is 0 Å². The summed E-state index contributed by atoms with van der Waals surface area (Å²) in [4.78, 5) is 9.74. The lowest BCUT2D eigenvalue weighted by atomic mass is 10.2. The van der Waals surface area contributed by atoms with Crippen LogP contribution in [0.2, 0.25) is 0 Å². The largest absolute Gasteiger partial charge is 0.490 e. The zero-order chi connectivity index (χ0) is 13.8. The Bertz CT molecular complexity index is 576. The monoisotopic (exact) mass is 262 g/mol. The Labute approximate surface area is 110 Å². The summed E-state index contributed by atoms with van der Waals surface area (Å²) in [6.07, 6.45) is 1.35. The van der Waals surface area contributed by atoms with E-state index in [2.05, 4.69) is 9.97 Å². The summed E-state index contributed by atoms with van der Waals surface area (Å²) in [5.74, 6) is 0.919. The van der Waals surface area contributed by atoms with Crippen LogP contribution in [-0.2, 0) is 6.54 Å². The van der Waals surface area contributed by atoms with Gasteiger partial charge in [-0.05, 0) is 6.07 Å². The molecule has 0 spiro atoms. The normalized spacial score (nSPS) is 10.3. The van der Waals surface area contributed by atoms with E-state index >= 15 is 0 Å². The highest BCUT2D eigenvalue weighted by Gasteiger charge is 2.15. The van der Waals surface area contributed by atoms with Gasteiger partial charge in [-0.25, -0.2) is 14.4 Å². The number of benzene rings is 1. The molecule has 0 aliphatic carbocycles. The number of nitrogens with zero attached hydrogens (tertiary/aromatic N) is 3. The number of nitrogens with two attached hydrogens (primary N) is 1. The van der Waals surface area contributed by atoms with Crippen molar-refractivity contribution in [3.63, 3.8) is 0 Å². The maximum atomic E-state index is 13.6. The van der Waals surface area contributed by atoms with Gasteiger partial charge in [0, 0.05) is 19.2 Å². The lowest BCUT2D eigenvalue weighted by molar-refractivity contribution is 0.413. The number of methoxy groups -OCH3 is 1. The van der Waals surface area contributed by atoms with E-state index in [0.29, 0.717) is 23.7 Å². The van der Waals surface area contributed by atoms with Gasteiger partial charge in [0.2, 0.25) is 5.75 Å². The maximum Gasteiger partial charge on any atom is 0.204 e. The third-order valence-electron chi connectivity index (χ3n) is 2.74. The molecular weight excluding hydrogens is 247 g/mol.